The van der Waals surface area contributed by atoms with Crippen molar-refractivity contribution >= 4 is 34.7 Å². The molecule has 19 heteroatoms. The molecule has 1 aliphatic rings. The first kappa shape index (κ1) is 44.6. The largest absolute Gasteiger partial charge is 0.490 e. The molecule has 4 aromatic rings. The third-order valence-corrected chi connectivity index (χ3v) is 8.38. The number of nitrogens with zero attached hydrogens (tertiary/aromatic N) is 1. The van der Waals surface area contributed by atoms with Crippen LogP contribution < -0.4 is 20.9 Å². The van der Waals surface area contributed by atoms with E-state index in [1.807, 2.05) is 37.3 Å². The van der Waals surface area contributed by atoms with Gasteiger partial charge in [0.05, 0.1) is 11.9 Å². The molecular formula is C37H37F7N4O8. The maximum atomic E-state index is 13.3. The number of carbonyl (C=O) groups excluding carboxylic acids is 2. The van der Waals surface area contributed by atoms with Gasteiger partial charge in [0.15, 0.2) is 0 Å². The van der Waals surface area contributed by atoms with Crippen LogP contribution in [-0.4, -0.2) is 68.1 Å². The van der Waals surface area contributed by atoms with Gasteiger partial charge in [-0.2, -0.15) is 26.3 Å². The molecule has 1 saturated carbocycles. The monoisotopic (exact) mass is 798 g/mol. The lowest BCUT2D eigenvalue weighted by atomic mass is 9.76. The number of rotatable bonds is 10. The number of pyridine rings is 1. The molecule has 0 atom stereocenters. The highest BCUT2D eigenvalue weighted by molar-refractivity contribution is 5.95. The zero-order valence-corrected chi connectivity index (χ0v) is 29.5. The molecular weight excluding hydrogens is 761 g/mol. The summed E-state index contributed by atoms with van der Waals surface area (Å²) in [6, 6.07) is 23.4. The van der Waals surface area contributed by atoms with Crippen LogP contribution in [0.15, 0.2) is 78.9 Å². The number of hydrogen-bond donors (Lipinski definition) is 6. The Balaban J connectivity index is 0.000000512. The third-order valence-electron chi connectivity index (χ3n) is 8.38. The van der Waals surface area contributed by atoms with E-state index in [1.54, 1.807) is 41.9 Å². The van der Waals surface area contributed by atoms with E-state index < -0.39 is 35.7 Å². The molecule has 2 amide bonds. The Bertz CT molecular complexity index is 1930. The Hall–Kier alpha value is -5.82. The number of ether oxygens (including phenoxy) is 1. The van der Waals surface area contributed by atoms with Crippen LogP contribution in [0.1, 0.15) is 59.3 Å². The number of carboxylic acids is 2. The van der Waals surface area contributed by atoms with E-state index in [-0.39, 0.29) is 24.2 Å². The number of para-hydroxylation sites is 1. The molecule has 12 nitrogen and oxygen atoms in total. The fraction of sp³-hybridized carbons (Fsp3) is 0.324. The minimum absolute atomic E-state index is 0.0274. The van der Waals surface area contributed by atoms with Gasteiger partial charge in [0.2, 0.25) is 5.91 Å². The van der Waals surface area contributed by atoms with Crippen LogP contribution in [-0.2, 0) is 27.5 Å². The Morgan fingerprint density at radius 3 is 1.95 bits per heavy atom. The van der Waals surface area contributed by atoms with Gasteiger partial charge < -0.3 is 25.6 Å². The van der Waals surface area contributed by atoms with Gasteiger partial charge in [-0.05, 0) is 86.7 Å². The average molecular weight is 799 g/mol. The molecule has 1 aliphatic carbocycles. The van der Waals surface area contributed by atoms with E-state index in [4.69, 9.17) is 24.5 Å². The van der Waals surface area contributed by atoms with Crippen molar-refractivity contribution in [3.05, 3.63) is 107 Å². The lowest BCUT2D eigenvalue weighted by molar-refractivity contribution is -0.193. The highest BCUT2D eigenvalue weighted by Crippen LogP contribution is 2.32. The maximum absolute atomic E-state index is 13.3. The summed E-state index contributed by atoms with van der Waals surface area (Å²) in [5.74, 6) is -5.99. The molecule has 1 fully saturated rings. The SMILES string of the molecule is Cc1cc(COc2ccc(C(=O)N[C@]3(CC(=O)NO)CC[C@@H](NCc4ccc(F)cc4)CC3)cc2)c2ccccc2n1.O=C(O)C(F)(F)F.O=C(O)C(F)(F)F. The Morgan fingerprint density at radius 1 is 0.857 bits per heavy atom. The molecule has 0 saturated heterocycles. The average Bonchev–Trinajstić information content (AvgIpc) is 3.14. The zero-order valence-electron chi connectivity index (χ0n) is 29.5. The van der Waals surface area contributed by atoms with Gasteiger partial charge in [-0.1, -0.05) is 30.3 Å². The lowest BCUT2D eigenvalue weighted by Gasteiger charge is -2.40. The number of carbonyl (C=O) groups is 4. The molecule has 0 unspecified atom stereocenters. The summed E-state index contributed by atoms with van der Waals surface area (Å²) in [7, 11) is 0. The summed E-state index contributed by atoms with van der Waals surface area (Å²) in [4.78, 5) is 47.8. The van der Waals surface area contributed by atoms with Crippen LogP contribution in [0, 0.1) is 12.7 Å². The fourth-order valence-electron chi connectivity index (χ4n) is 5.62. The van der Waals surface area contributed by atoms with Crippen LogP contribution in [0.2, 0.25) is 0 Å². The summed E-state index contributed by atoms with van der Waals surface area (Å²) < 4.78 is 82.7. The van der Waals surface area contributed by atoms with Crippen molar-refractivity contribution in [3.8, 4) is 5.75 Å². The van der Waals surface area contributed by atoms with E-state index >= 15 is 0 Å². The van der Waals surface area contributed by atoms with Gasteiger partial charge in [0, 0.05) is 40.3 Å². The van der Waals surface area contributed by atoms with Crippen molar-refractivity contribution in [3.63, 3.8) is 0 Å². The number of carboxylic acid groups (broad SMARTS) is 2. The normalized spacial score (nSPS) is 16.6. The quantitative estimate of drug-likeness (QED) is 0.0578. The number of hydrogen-bond acceptors (Lipinski definition) is 8. The maximum Gasteiger partial charge on any atom is 0.490 e. The standard InChI is InChI=1S/C33H35FN4O4.2C2HF3O2/c1-22-18-25(29-4-2-3-5-30(29)36-22)21-42-28-12-8-24(9-13-28)32(40)37-33(19-31(39)38-41)16-14-27(15-17-33)35-20-23-6-10-26(34)11-7-23;2*3-2(4,5)1(6)7/h2-13,18,27,35,41H,14-17,19-21H2,1H3,(H,37,40)(H,38,39);2*(H,6,7)/t27-,33-;;. The smallest absolute Gasteiger partial charge is 0.489 e. The van der Waals surface area contributed by atoms with Gasteiger partial charge in [0.1, 0.15) is 18.2 Å². The van der Waals surface area contributed by atoms with Gasteiger partial charge in [-0.25, -0.2) is 19.5 Å². The molecule has 1 heterocycles. The van der Waals surface area contributed by atoms with Crippen LogP contribution in [0.3, 0.4) is 0 Å². The number of fused-ring (bicyclic) bond motifs is 1. The number of nitrogens with one attached hydrogen (secondary N) is 3. The molecule has 0 bridgehead atoms. The molecule has 5 rings (SSSR count). The molecule has 0 radical (unpaired) electrons. The topological polar surface area (TPSA) is 187 Å². The first-order valence-electron chi connectivity index (χ1n) is 16.6. The van der Waals surface area contributed by atoms with Gasteiger partial charge >= 0.3 is 24.3 Å². The van der Waals surface area contributed by atoms with Crippen molar-refractivity contribution in [2.45, 2.75) is 76.1 Å². The molecule has 1 aromatic heterocycles. The van der Waals surface area contributed by atoms with Crippen LogP contribution in [0.4, 0.5) is 30.7 Å². The molecule has 0 aliphatic heterocycles. The number of aromatic nitrogens is 1. The summed E-state index contributed by atoms with van der Waals surface area (Å²) >= 11 is 0. The van der Waals surface area contributed by atoms with Gasteiger partial charge in [-0.3, -0.25) is 19.8 Å². The fourth-order valence-corrected chi connectivity index (χ4v) is 5.62. The number of halogens is 7. The van der Waals surface area contributed by atoms with Crippen molar-refractivity contribution in [1.82, 2.24) is 21.1 Å². The summed E-state index contributed by atoms with van der Waals surface area (Å²) in [5, 5.41) is 31.0. The van der Waals surface area contributed by atoms with Crippen molar-refractivity contribution in [2.75, 3.05) is 0 Å². The highest BCUT2D eigenvalue weighted by atomic mass is 19.4. The number of benzene rings is 3. The van der Waals surface area contributed by atoms with Crippen LogP contribution in [0.25, 0.3) is 10.9 Å². The first-order chi connectivity index (χ1) is 26.2. The van der Waals surface area contributed by atoms with Crippen molar-refractivity contribution in [2.24, 2.45) is 0 Å². The van der Waals surface area contributed by atoms with Crippen molar-refractivity contribution < 1.29 is 70.1 Å². The van der Waals surface area contributed by atoms with Crippen LogP contribution in [0.5, 0.6) is 5.75 Å². The summed E-state index contributed by atoms with van der Waals surface area (Å²) in [6.45, 7) is 2.93. The second kappa shape index (κ2) is 19.7. The predicted octanol–water partition coefficient (Wildman–Crippen LogP) is 6.62. The second-order valence-corrected chi connectivity index (χ2v) is 12.6. The van der Waals surface area contributed by atoms with E-state index in [2.05, 4.69) is 15.6 Å². The van der Waals surface area contributed by atoms with E-state index in [9.17, 15) is 45.5 Å². The Labute approximate surface area is 314 Å². The Morgan fingerprint density at radius 2 is 1.41 bits per heavy atom. The van der Waals surface area contributed by atoms with E-state index in [0.29, 0.717) is 37.3 Å². The highest BCUT2D eigenvalue weighted by Gasteiger charge is 2.40. The van der Waals surface area contributed by atoms with E-state index in [1.165, 1.54) is 12.1 Å². The molecule has 6 N–H and O–H groups in total. The lowest BCUT2D eigenvalue weighted by Crippen LogP contribution is -2.54. The minimum Gasteiger partial charge on any atom is -0.489 e. The molecule has 302 valence electrons. The number of aliphatic carboxylic acids is 2. The molecule has 0 spiro atoms. The summed E-state index contributed by atoms with van der Waals surface area (Å²) in [5.41, 5.74) is 5.23. The number of aryl methyl sites for hydroxylation is 1. The third kappa shape index (κ3) is 14.1. The van der Waals surface area contributed by atoms with Crippen LogP contribution >= 0.6 is 0 Å². The number of alkyl halides is 6. The van der Waals surface area contributed by atoms with Crippen molar-refractivity contribution in [1.29, 1.82) is 0 Å². The van der Waals surface area contributed by atoms with E-state index in [0.717, 1.165) is 40.6 Å². The van der Waals surface area contributed by atoms with Gasteiger partial charge in [0.25, 0.3) is 5.91 Å². The molecule has 56 heavy (non-hydrogen) atoms. The Kier molecular flexibility index (Phi) is 15.7. The predicted molar refractivity (Wildman–Crippen MR) is 185 cm³/mol. The number of hydroxylamine groups is 1. The zero-order chi connectivity index (χ0) is 41.7. The summed E-state index contributed by atoms with van der Waals surface area (Å²) in [6.07, 6.45) is -7.60. The molecule has 3 aromatic carbocycles. The van der Waals surface area contributed by atoms with Gasteiger partial charge in [-0.15, -0.1) is 0 Å². The first-order valence-corrected chi connectivity index (χ1v) is 16.6. The second-order valence-electron chi connectivity index (χ2n) is 12.6. The number of amides is 2. The minimum atomic E-state index is -5.08.